The lowest BCUT2D eigenvalue weighted by Crippen LogP contribution is -3.06. The molecule has 2 N–H and O–H groups in total. The molecule has 5 nitrogen and oxygen atoms in total. The summed E-state index contributed by atoms with van der Waals surface area (Å²) in [7, 11) is 3.90. The Bertz CT molecular complexity index is 180. The maximum atomic E-state index is 10.8. The Morgan fingerprint density at radius 3 is 2.13 bits per heavy atom. The highest BCUT2D eigenvalue weighted by molar-refractivity contribution is 5.76. The number of hydrogen-bond donors (Lipinski definition) is 2. The molecule has 0 saturated carbocycles. The first kappa shape index (κ1) is 16.3. The minimum Gasteiger partial charge on any atom is -0.481 e. The van der Waals surface area contributed by atoms with Crippen molar-refractivity contribution < 1.29 is 24.3 Å². The van der Waals surface area contributed by atoms with Crippen LogP contribution in [-0.4, -0.2) is 44.3 Å². The van der Waals surface area contributed by atoms with Crippen molar-refractivity contribution >= 4 is 11.9 Å². The van der Waals surface area contributed by atoms with Crippen LogP contribution in [-0.2, 0) is 14.3 Å². The summed E-state index contributed by atoms with van der Waals surface area (Å²) in [6.07, 6.45) is -0.203. The van der Waals surface area contributed by atoms with Gasteiger partial charge in [0.2, 0.25) is 0 Å². The summed E-state index contributed by atoms with van der Waals surface area (Å²) < 4.78 is 4.78. The van der Waals surface area contributed by atoms with E-state index in [4.69, 9.17) is 9.84 Å². The normalized spacial score (nSPS) is 9.13. The topological polar surface area (TPSA) is 68.0 Å². The zero-order valence-electron chi connectivity index (χ0n) is 10.0. The van der Waals surface area contributed by atoms with Crippen LogP contribution in [0.2, 0.25) is 0 Å². The van der Waals surface area contributed by atoms with Gasteiger partial charge in [-0.1, -0.05) is 13.8 Å². The van der Waals surface area contributed by atoms with Crippen molar-refractivity contribution in [1.82, 2.24) is 0 Å². The summed E-state index contributed by atoms with van der Waals surface area (Å²) in [5.74, 6) is -1.42. The first-order valence-electron chi connectivity index (χ1n) is 5.19. The summed E-state index contributed by atoms with van der Waals surface area (Å²) in [4.78, 5) is 22.1. The van der Waals surface area contributed by atoms with Crippen LogP contribution in [0, 0.1) is 0 Å². The number of quaternary nitrogens is 1. The van der Waals surface area contributed by atoms with E-state index in [1.54, 1.807) is 0 Å². The smallest absolute Gasteiger partial charge is 0.306 e. The molecule has 0 aromatic carbocycles. The van der Waals surface area contributed by atoms with E-state index >= 15 is 0 Å². The molecule has 0 aromatic rings. The molecule has 0 aliphatic rings. The molecule has 0 aromatic heterocycles. The van der Waals surface area contributed by atoms with E-state index < -0.39 is 11.9 Å². The number of rotatable bonds is 6. The van der Waals surface area contributed by atoms with E-state index in [0.717, 1.165) is 6.54 Å². The fraction of sp³-hybridized carbons (Fsp3) is 0.800. The third-order valence-corrected chi connectivity index (χ3v) is 1.41. The van der Waals surface area contributed by atoms with Crippen LogP contribution in [0.15, 0.2) is 0 Å². The quantitative estimate of drug-likeness (QED) is 0.596. The highest BCUT2D eigenvalue weighted by Gasteiger charge is 2.06. The fourth-order valence-corrected chi connectivity index (χ4v) is 0.650. The lowest BCUT2D eigenvalue weighted by atomic mass is 10.3. The largest absolute Gasteiger partial charge is 0.481 e. The molecule has 0 atom stereocenters. The minimum absolute atomic E-state index is 0.0436. The van der Waals surface area contributed by atoms with Crippen LogP contribution in [0.25, 0.3) is 0 Å². The Hall–Kier alpha value is -1.10. The summed E-state index contributed by atoms with van der Waals surface area (Å²) in [6, 6.07) is 0. The van der Waals surface area contributed by atoms with Gasteiger partial charge in [0, 0.05) is 0 Å². The van der Waals surface area contributed by atoms with E-state index in [1.807, 2.05) is 27.9 Å². The van der Waals surface area contributed by atoms with Crippen molar-refractivity contribution in [2.24, 2.45) is 0 Å². The van der Waals surface area contributed by atoms with Crippen molar-refractivity contribution in [1.29, 1.82) is 0 Å². The van der Waals surface area contributed by atoms with E-state index in [9.17, 15) is 9.59 Å². The Morgan fingerprint density at radius 2 is 1.73 bits per heavy atom. The molecule has 0 radical (unpaired) electrons. The van der Waals surface area contributed by atoms with E-state index in [-0.39, 0.29) is 12.8 Å². The molecule has 5 heteroatoms. The van der Waals surface area contributed by atoms with Gasteiger partial charge in [-0.3, -0.25) is 9.59 Å². The van der Waals surface area contributed by atoms with Crippen molar-refractivity contribution in [2.75, 3.05) is 27.2 Å². The van der Waals surface area contributed by atoms with Crippen LogP contribution >= 0.6 is 0 Å². The Labute approximate surface area is 91.0 Å². The van der Waals surface area contributed by atoms with Crippen molar-refractivity contribution in [3.05, 3.63) is 0 Å². The monoisotopic (exact) mass is 220 g/mol. The van der Waals surface area contributed by atoms with Crippen LogP contribution in [0.4, 0.5) is 0 Å². The highest BCUT2D eigenvalue weighted by atomic mass is 16.5. The molecule has 15 heavy (non-hydrogen) atoms. The first-order chi connectivity index (χ1) is 7.02. The average Bonchev–Trinajstić information content (AvgIpc) is 2.17. The number of ether oxygens (including phenoxy) is 1. The number of carboxylic acids is 1. The number of carbonyl (C=O) groups excluding carboxylic acids is 1. The lowest BCUT2D eigenvalue weighted by molar-refractivity contribution is -0.858. The van der Waals surface area contributed by atoms with E-state index in [2.05, 4.69) is 0 Å². The molecule has 0 rings (SSSR count). The van der Waals surface area contributed by atoms with Gasteiger partial charge in [0.05, 0.1) is 26.9 Å². The van der Waals surface area contributed by atoms with Gasteiger partial charge in [-0.05, 0) is 0 Å². The van der Waals surface area contributed by atoms with Gasteiger partial charge in [-0.2, -0.15) is 0 Å². The first-order valence-corrected chi connectivity index (χ1v) is 5.19. The molecule has 0 unspecified atom stereocenters. The van der Waals surface area contributed by atoms with Gasteiger partial charge in [0.1, 0.15) is 13.2 Å². The second-order valence-corrected chi connectivity index (χ2v) is 3.07. The van der Waals surface area contributed by atoms with Gasteiger partial charge in [-0.15, -0.1) is 0 Å². The number of likely N-dealkylation sites (N-methyl/N-ethyl adjacent to an activating group) is 1. The summed E-state index contributed by atoms with van der Waals surface area (Å²) in [6.45, 7) is 5.08. The van der Waals surface area contributed by atoms with Crippen molar-refractivity contribution in [3.8, 4) is 0 Å². The summed E-state index contributed by atoms with van der Waals surface area (Å²) in [5.41, 5.74) is 0. The Kier molecular flexibility index (Phi) is 12.0. The zero-order chi connectivity index (χ0) is 12.3. The van der Waals surface area contributed by atoms with Crippen LogP contribution in [0.3, 0.4) is 0 Å². The predicted octanol–water partition coefficient (Wildman–Crippen LogP) is -0.435. The predicted molar refractivity (Wildman–Crippen MR) is 56.9 cm³/mol. The standard InChI is InChI=1S/C8H15NO4.C2H6/c1-9(2)5-6-13-8(12)4-3-7(10)11;1-2/h3-6H2,1-2H3,(H,10,11);1-2H3/p+1. The van der Waals surface area contributed by atoms with Crippen molar-refractivity contribution in [2.45, 2.75) is 26.7 Å². The summed E-state index contributed by atoms with van der Waals surface area (Å²) >= 11 is 0. The summed E-state index contributed by atoms with van der Waals surface area (Å²) in [5, 5.41) is 8.26. The molecule has 0 spiro atoms. The minimum atomic E-state index is -0.977. The number of nitrogens with one attached hydrogen (secondary N) is 1. The number of esters is 1. The second kappa shape index (κ2) is 11.0. The molecule has 0 saturated heterocycles. The average molecular weight is 220 g/mol. The molecule has 0 bridgehead atoms. The van der Waals surface area contributed by atoms with E-state index in [1.165, 1.54) is 4.90 Å². The van der Waals surface area contributed by atoms with Gasteiger partial charge in [0.15, 0.2) is 0 Å². The van der Waals surface area contributed by atoms with Crippen LogP contribution in [0.5, 0.6) is 0 Å². The number of carbonyl (C=O) groups is 2. The Balaban J connectivity index is 0. The molecule has 0 heterocycles. The number of carboxylic acid groups (broad SMARTS) is 1. The molecular formula is C10H22NO4+. The van der Waals surface area contributed by atoms with Crippen molar-refractivity contribution in [3.63, 3.8) is 0 Å². The van der Waals surface area contributed by atoms with Crippen LogP contribution < -0.4 is 4.90 Å². The highest BCUT2D eigenvalue weighted by Crippen LogP contribution is 1.91. The van der Waals surface area contributed by atoms with Gasteiger partial charge < -0.3 is 14.7 Å². The zero-order valence-corrected chi connectivity index (χ0v) is 10.0. The van der Waals surface area contributed by atoms with Crippen LogP contribution in [0.1, 0.15) is 26.7 Å². The maximum absolute atomic E-state index is 10.8. The molecule has 0 amide bonds. The molecule has 0 aliphatic carbocycles. The third kappa shape index (κ3) is 15.6. The lowest BCUT2D eigenvalue weighted by Gasteiger charge is -2.07. The maximum Gasteiger partial charge on any atom is 0.306 e. The third-order valence-electron chi connectivity index (χ3n) is 1.41. The fourth-order valence-electron chi connectivity index (χ4n) is 0.650. The Morgan fingerprint density at radius 1 is 1.20 bits per heavy atom. The van der Waals surface area contributed by atoms with Gasteiger partial charge in [0.25, 0.3) is 0 Å². The van der Waals surface area contributed by atoms with E-state index in [0.29, 0.717) is 6.61 Å². The molecule has 90 valence electrons. The number of aliphatic carboxylic acids is 1. The number of hydrogen-bond acceptors (Lipinski definition) is 3. The second-order valence-electron chi connectivity index (χ2n) is 3.07. The molecule has 0 aliphatic heterocycles. The molecular weight excluding hydrogens is 198 g/mol. The molecule has 0 fully saturated rings. The SMILES string of the molecule is CC.C[NH+](C)CCOC(=O)CCC(=O)O. The van der Waals surface area contributed by atoms with Gasteiger partial charge in [-0.25, -0.2) is 0 Å². The van der Waals surface area contributed by atoms with Gasteiger partial charge >= 0.3 is 11.9 Å².